The normalized spacial score (nSPS) is 10.7. The standard InChI is InChI=1S/C13H17N3OS/c1-5-15(3)13(17)12-6-10(7-16(12)4)11-8-18-9(2)14-11/h6-8H,5H2,1-4H3. The van der Waals surface area contributed by atoms with Crippen molar-refractivity contribution >= 4 is 17.2 Å². The van der Waals surface area contributed by atoms with Crippen molar-refractivity contribution in [3.8, 4) is 11.3 Å². The van der Waals surface area contributed by atoms with Gasteiger partial charge in [0.15, 0.2) is 0 Å². The Balaban J connectivity index is 2.35. The van der Waals surface area contributed by atoms with Gasteiger partial charge in [0, 0.05) is 37.8 Å². The molecule has 1 amide bonds. The summed E-state index contributed by atoms with van der Waals surface area (Å²) in [5.41, 5.74) is 2.63. The summed E-state index contributed by atoms with van der Waals surface area (Å²) >= 11 is 1.62. The minimum Gasteiger partial charge on any atom is -0.346 e. The first-order valence-corrected chi connectivity index (χ1v) is 6.75. The number of aromatic nitrogens is 2. The SMILES string of the molecule is CCN(C)C(=O)c1cc(-c2csc(C)n2)cn1C. The lowest BCUT2D eigenvalue weighted by atomic mass is 10.2. The number of aryl methyl sites for hydroxylation is 2. The third-order valence-electron chi connectivity index (χ3n) is 2.96. The summed E-state index contributed by atoms with van der Waals surface area (Å²) in [6, 6.07) is 1.91. The second-order valence-corrected chi connectivity index (χ2v) is 5.36. The van der Waals surface area contributed by atoms with Gasteiger partial charge in [0.2, 0.25) is 0 Å². The zero-order valence-electron chi connectivity index (χ0n) is 11.1. The molecule has 2 aromatic rings. The molecule has 0 N–H and O–H groups in total. The summed E-state index contributed by atoms with van der Waals surface area (Å²) in [4.78, 5) is 18.3. The second kappa shape index (κ2) is 4.94. The minimum atomic E-state index is 0.0400. The Labute approximate surface area is 111 Å². The van der Waals surface area contributed by atoms with Crippen molar-refractivity contribution in [2.45, 2.75) is 13.8 Å². The van der Waals surface area contributed by atoms with Gasteiger partial charge in [-0.15, -0.1) is 11.3 Å². The average Bonchev–Trinajstić information content (AvgIpc) is 2.93. The molecular formula is C13H17N3OS. The maximum absolute atomic E-state index is 12.1. The maximum Gasteiger partial charge on any atom is 0.270 e. The van der Waals surface area contributed by atoms with E-state index in [1.54, 1.807) is 16.2 Å². The van der Waals surface area contributed by atoms with E-state index in [-0.39, 0.29) is 5.91 Å². The van der Waals surface area contributed by atoms with Crippen LogP contribution in [0.1, 0.15) is 22.4 Å². The van der Waals surface area contributed by atoms with Gasteiger partial charge in [-0.1, -0.05) is 0 Å². The molecule has 0 saturated carbocycles. The summed E-state index contributed by atoms with van der Waals surface area (Å²) in [5.74, 6) is 0.0400. The van der Waals surface area contributed by atoms with Crippen LogP contribution in [0.4, 0.5) is 0 Å². The Morgan fingerprint density at radius 3 is 2.83 bits per heavy atom. The Morgan fingerprint density at radius 2 is 2.28 bits per heavy atom. The van der Waals surface area contributed by atoms with Gasteiger partial charge in [0.05, 0.1) is 10.7 Å². The first-order valence-electron chi connectivity index (χ1n) is 5.87. The topological polar surface area (TPSA) is 38.1 Å². The van der Waals surface area contributed by atoms with E-state index in [2.05, 4.69) is 4.98 Å². The number of hydrogen-bond donors (Lipinski definition) is 0. The van der Waals surface area contributed by atoms with Crippen molar-refractivity contribution in [2.75, 3.05) is 13.6 Å². The molecular weight excluding hydrogens is 246 g/mol. The molecule has 0 aromatic carbocycles. The van der Waals surface area contributed by atoms with Crippen molar-refractivity contribution < 1.29 is 4.79 Å². The Bertz CT molecular complexity index is 571. The molecule has 2 rings (SSSR count). The molecule has 0 bridgehead atoms. The van der Waals surface area contributed by atoms with Crippen molar-refractivity contribution in [1.29, 1.82) is 0 Å². The van der Waals surface area contributed by atoms with Gasteiger partial charge in [-0.2, -0.15) is 0 Å². The molecule has 0 unspecified atom stereocenters. The number of carbonyl (C=O) groups is 1. The lowest BCUT2D eigenvalue weighted by Gasteiger charge is -2.14. The molecule has 5 heteroatoms. The molecule has 0 fully saturated rings. The van der Waals surface area contributed by atoms with Crippen molar-refractivity contribution in [3.63, 3.8) is 0 Å². The van der Waals surface area contributed by atoms with Crippen LogP contribution >= 0.6 is 11.3 Å². The summed E-state index contributed by atoms with van der Waals surface area (Å²) in [5, 5.41) is 3.05. The summed E-state index contributed by atoms with van der Waals surface area (Å²) in [6.07, 6.45) is 1.95. The monoisotopic (exact) mass is 263 g/mol. The molecule has 96 valence electrons. The fourth-order valence-corrected chi connectivity index (χ4v) is 2.37. The van der Waals surface area contributed by atoms with E-state index < -0.39 is 0 Å². The molecule has 0 spiro atoms. The lowest BCUT2D eigenvalue weighted by Crippen LogP contribution is -2.27. The quantitative estimate of drug-likeness (QED) is 0.853. The van der Waals surface area contributed by atoms with E-state index in [4.69, 9.17) is 0 Å². The molecule has 4 nitrogen and oxygen atoms in total. The smallest absolute Gasteiger partial charge is 0.270 e. The molecule has 0 atom stereocenters. The molecule has 0 aliphatic rings. The van der Waals surface area contributed by atoms with Crippen LogP contribution in [0.15, 0.2) is 17.6 Å². The fourth-order valence-electron chi connectivity index (χ4n) is 1.75. The lowest BCUT2D eigenvalue weighted by molar-refractivity contribution is 0.0793. The first-order chi connectivity index (χ1) is 8.52. The third-order valence-corrected chi connectivity index (χ3v) is 3.73. The highest BCUT2D eigenvalue weighted by atomic mass is 32.1. The number of rotatable bonds is 3. The second-order valence-electron chi connectivity index (χ2n) is 4.30. The Kier molecular flexibility index (Phi) is 3.52. The van der Waals surface area contributed by atoms with Crippen LogP contribution in [-0.2, 0) is 7.05 Å². The van der Waals surface area contributed by atoms with Crippen molar-refractivity contribution in [2.24, 2.45) is 7.05 Å². The summed E-state index contributed by atoms with van der Waals surface area (Å²) in [6.45, 7) is 4.65. The predicted molar refractivity (Wildman–Crippen MR) is 73.9 cm³/mol. The van der Waals surface area contributed by atoms with Gasteiger partial charge in [0.1, 0.15) is 5.69 Å². The van der Waals surface area contributed by atoms with E-state index in [9.17, 15) is 4.79 Å². The van der Waals surface area contributed by atoms with E-state index in [0.29, 0.717) is 12.2 Å². The Hall–Kier alpha value is -1.62. The number of carbonyl (C=O) groups excluding carboxylic acids is 1. The van der Waals surface area contributed by atoms with E-state index in [0.717, 1.165) is 16.3 Å². The molecule has 2 heterocycles. The molecule has 0 radical (unpaired) electrons. The zero-order valence-corrected chi connectivity index (χ0v) is 11.9. The van der Waals surface area contributed by atoms with E-state index in [1.165, 1.54) is 0 Å². The molecule has 18 heavy (non-hydrogen) atoms. The van der Waals surface area contributed by atoms with Crippen LogP contribution in [0.25, 0.3) is 11.3 Å². The van der Waals surface area contributed by atoms with Crippen LogP contribution in [-0.4, -0.2) is 34.0 Å². The highest BCUT2D eigenvalue weighted by Crippen LogP contribution is 2.23. The number of nitrogens with zero attached hydrogens (tertiary/aromatic N) is 3. The average molecular weight is 263 g/mol. The number of thiazole rings is 1. The van der Waals surface area contributed by atoms with Crippen LogP contribution in [0.5, 0.6) is 0 Å². The van der Waals surface area contributed by atoms with Crippen LogP contribution < -0.4 is 0 Å². The molecule has 2 aromatic heterocycles. The predicted octanol–water partition coefficient (Wildman–Crippen LogP) is 2.55. The zero-order chi connectivity index (χ0) is 13.3. The molecule has 0 saturated heterocycles. The highest BCUT2D eigenvalue weighted by molar-refractivity contribution is 7.09. The summed E-state index contributed by atoms with van der Waals surface area (Å²) < 4.78 is 1.86. The fraction of sp³-hybridized carbons (Fsp3) is 0.385. The number of amides is 1. The third kappa shape index (κ3) is 2.31. The van der Waals surface area contributed by atoms with Gasteiger partial charge in [-0.25, -0.2) is 4.98 Å². The van der Waals surface area contributed by atoms with Crippen LogP contribution in [0.3, 0.4) is 0 Å². The minimum absolute atomic E-state index is 0.0400. The Morgan fingerprint density at radius 1 is 1.56 bits per heavy atom. The largest absolute Gasteiger partial charge is 0.346 e. The van der Waals surface area contributed by atoms with Gasteiger partial charge in [-0.05, 0) is 19.9 Å². The molecule has 0 aliphatic carbocycles. The maximum atomic E-state index is 12.1. The van der Waals surface area contributed by atoms with Crippen LogP contribution in [0.2, 0.25) is 0 Å². The van der Waals surface area contributed by atoms with Gasteiger partial charge < -0.3 is 9.47 Å². The number of hydrogen-bond acceptors (Lipinski definition) is 3. The van der Waals surface area contributed by atoms with Crippen molar-refractivity contribution in [3.05, 3.63) is 28.3 Å². The van der Waals surface area contributed by atoms with Gasteiger partial charge in [0.25, 0.3) is 5.91 Å². The van der Waals surface area contributed by atoms with Crippen molar-refractivity contribution in [1.82, 2.24) is 14.5 Å². The van der Waals surface area contributed by atoms with Gasteiger partial charge in [-0.3, -0.25) is 4.79 Å². The van der Waals surface area contributed by atoms with E-state index in [1.807, 2.05) is 50.2 Å². The van der Waals surface area contributed by atoms with Crippen LogP contribution in [0, 0.1) is 6.92 Å². The van der Waals surface area contributed by atoms with Gasteiger partial charge >= 0.3 is 0 Å². The first kappa shape index (κ1) is 12.8. The summed E-state index contributed by atoms with van der Waals surface area (Å²) in [7, 11) is 3.70. The van der Waals surface area contributed by atoms with E-state index >= 15 is 0 Å². The highest BCUT2D eigenvalue weighted by Gasteiger charge is 2.16. The molecule has 0 aliphatic heterocycles.